The second kappa shape index (κ2) is 9.60. The van der Waals surface area contributed by atoms with Crippen LogP contribution in [0.4, 0.5) is 0 Å². The topological polar surface area (TPSA) is 47.6 Å². The van der Waals surface area contributed by atoms with Crippen LogP contribution >= 0.6 is 0 Å². The van der Waals surface area contributed by atoms with E-state index in [0.29, 0.717) is 11.5 Å². The van der Waals surface area contributed by atoms with Gasteiger partial charge >= 0.3 is 0 Å². The molecule has 0 aliphatic carbocycles. The lowest BCUT2D eigenvalue weighted by molar-refractivity contribution is -0.121. The molecule has 3 aromatic rings. The van der Waals surface area contributed by atoms with Crippen molar-refractivity contribution in [3.63, 3.8) is 0 Å². The smallest absolute Gasteiger partial charge is 0.225 e. The number of methoxy groups -OCH3 is 2. The molecule has 3 aromatic carbocycles. The first-order chi connectivity index (χ1) is 13.7. The van der Waals surface area contributed by atoms with Crippen molar-refractivity contribution in [1.82, 2.24) is 5.32 Å². The number of benzene rings is 3. The molecule has 3 rings (SSSR count). The molecule has 4 heteroatoms. The SMILES string of the molecule is COc1ccc(CC(=O)N[C@@H](Cc2ccccc2)c2ccccc2)c(OC)c1. The Kier molecular flexibility index (Phi) is 6.68. The van der Waals surface area contributed by atoms with Crippen molar-refractivity contribution in [2.24, 2.45) is 0 Å². The van der Waals surface area contributed by atoms with Crippen molar-refractivity contribution in [3.8, 4) is 11.5 Å². The molecule has 0 fully saturated rings. The van der Waals surface area contributed by atoms with E-state index in [-0.39, 0.29) is 18.4 Å². The van der Waals surface area contributed by atoms with Gasteiger partial charge in [-0.3, -0.25) is 4.79 Å². The highest BCUT2D eigenvalue weighted by Gasteiger charge is 2.17. The fourth-order valence-electron chi connectivity index (χ4n) is 3.20. The summed E-state index contributed by atoms with van der Waals surface area (Å²) in [4.78, 5) is 12.8. The van der Waals surface area contributed by atoms with Crippen LogP contribution in [-0.2, 0) is 17.6 Å². The van der Waals surface area contributed by atoms with Gasteiger partial charge in [-0.05, 0) is 23.6 Å². The van der Waals surface area contributed by atoms with Gasteiger partial charge in [0.1, 0.15) is 11.5 Å². The van der Waals surface area contributed by atoms with E-state index in [1.807, 2.05) is 60.7 Å². The summed E-state index contributed by atoms with van der Waals surface area (Å²) in [6, 6.07) is 25.6. The van der Waals surface area contributed by atoms with E-state index in [1.54, 1.807) is 20.3 Å². The quantitative estimate of drug-likeness (QED) is 0.637. The fourth-order valence-corrected chi connectivity index (χ4v) is 3.20. The van der Waals surface area contributed by atoms with Crippen molar-refractivity contribution in [2.75, 3.05) is 14.2 Å². The highest BCUT2D eigenvalue weighted by molar-refractivity contribution is 5.80. The van der Waals surface area contributed by atoms with Crippen LogP contribution in [0.15, 0.2) is 78.9 Å². The number of ether oxygens (including phenoxy) is 2. The molecule has 28 heavy (non-hydrogen) atoms. The Hall–Kier alpha value is -3.27. The van der Waals surface area contributed by atoms with Crippen molar-refractivity contribution in [1.29, 1.82) is 0 Å². The second-order valence-electron chi connectivity index (χ2n) is 6.58. The van der Waals surface area contributed by atoms with E-state index in [2.05, 4.69) is 17.4 Å². The molecule has 1 amide bonds. The maximum Gasteiger partial charge on any atom is 0.225 e. The van der Waals surface area contributed by atoms with Gasteiger partial charge in [0.25, 0.3) is 0 Å². The molecule has 4 nitrogen and oxygen atoms in total. The molecule has 0 aliphatic rings. The Morgan fingerprint density at radius 3 is 2.21 bits per heavy atom. The second-order valence-corrected chi connectivity index (χ2v) is 6.58. The summed E-state index contributed by atoms with van der Waals surface area (Å²) >= 11 is 0. The Labute approximate surface area is 166 Å². The molecular formula is C24H25NO3. The van der Waals surface area contributed by atoms with Crippen LogP contribution in [0.25, 0.3) is 0 Å². The lowest BCUT2D eigenvalue weighted by atomic mass is 9.98. The predicted molar refractivity (Wildman–Crippen MR) is 111 cm³/mol. The van der Waals surface area contributed by atoms with Gasteiger partial charge in [0.15, 0.2) is 0 Å². The minimum atomic E-state index is -0.0969. The number of rotatable bonds is 8. The van der Waals surface area contributed by atoms with Crippen molar-refractivity contribution in [2.45, 2.75) is 18.9 Å². The Bertz CT molecular complexity index is 894. The average molecular weight is 375 g/mol. The lowest BCUT2D eigenvalue weighted by Crippen LogP contribution is -2.31. The van der Waals surface area contributed by atoms with Crippen molar-refractivity contribution >= 4 is 5.91 Å². The lowest BCUT2D eigenvalue weighted by Gasteiger charge is -2.20. The summed E-state index contributed by atoms with van der Waals surface area (Å²) in [5.74, 6) is 1.30. The average Bonchev–Trinajstić information content (AvgIpc) is 2.75. The standard InChI is InChI=1S/C24H25NO3/c1-27-21-14-13-20(23(17-21)28-2)16-24(26)25-22(19-11-7-4-8-12-19)15-18-9-5-3-6-10-18/h3-14,17,22H,15-16H2,1-2H3,(H,25,26)/t22-/m0/s1. The van der Waals surface area contributed by atoms with Gasteiger partial charge in [0.05, 0.1) is 26.7 Å². The van der Waals surface area contributed by atoms with Crippen molar-refractivity contribution < 1.29 is 14.3 Å². The van der Waals surface area contributed by atoms with E-state index in [1.165, 1.54) is 5.56 Å². The van der Waals surface area contributed by atoms with Gasteiger partial charge in [-0.2, -0.15) is 0 Å². The molecule has 0 saturated heterocycles. The number of carbonyl (C=O) groups excluding carboxylic acids is 1. The normalized spacial score (nSPS) is 11.5. The molecule has 1 N–H and O–H groups in total. The zero-order valence-corrected chi connectivity index (χ0v) is 16.2. The van der Waals surface area contributed by atoms with Crippen LogP contribution in [0.1, 0.15) is 22.7 Å². The maximum atomic E-state index is 12.8. The molecular weight excluding hydrogens is 350 g/mol. The molecule has 0 aliphatic heterocycles. The summed E-state index contributed by atoms with van der Waals surface area (Å²) in [6.07, 6.45) is 0.974. The predicted octanol–water partition coefficient (Wildman–Crippen LogP) is 4.35. The molecule has 0 aromatic heterocycles. The third kappa shape index (κ3) is 5.13. The Balaban J connectivity index is 1.76. The molecule has 1 atom stereocenters. The molecule has 0 heterocycles. The summed E-state index contributed by atoms with van der Waals surface area (Å²) in [5, 5.41) is 3.18. The van der Waals surface area contributed by atoms with Crippen LogP contribution in [0, 0.1) is 0 Å². The third-order valence-corrected chi connectivity index (χ3v) is 4.67. The fraction of sp³-hybridized carbons (Fsp3) is 0.208. The van der Waals surface area contributed by atoms with Gasteiger partial charge in [-0.1, -0.05) is 66.7 Å². The number of hydrogen-bond donors (Lipinski definition) is 1. The zero-order valence-electron chi connectivity index (χ0n) is 16.2. The number of carbonyl (C=O) groups is 1. The largest absolute Gasteiger partial charge is 0.497 e. The zero-order chi connectivity index (χ0) is 19.8. The van der Waals surface area contributed by atoms with Crippen LogP contribution in [0.2, 0.25) is 0 Å². The molecule has 0 unspecified atom stereocenters. The van der Waals surface area contributed by atoms with Crippen LogP contribution < -0.4 is 14.8 Å². The molecule has 0 bridgehead atoms. The summed E-state index contributed by atoms with van der Waals surface area (Å²) in [6.45, 7) is 0. The van der Waals surface area contributed by atoms with Crippen LogP contribution in [-0.4, -0.2) is 20.1 Å². The van der Waals surface area contributed by atoms with Gasteiger partial charge in [0.2, 0.25) is 5.91 Å². The van der Waals surface area contributed by atoms with E-state index in [4.69, 9.17) is 9.47 Å². The summed E-state index contributed by atoms with van der Waals surface area (Å²) < 4.78 is 10.6. The third-order valence-electron chi connectivity index (χ3n) is 4.67. The number of nitrogens with one attached hydrogen (secondary N) is 1. The van der Waals surface area contributed by atoms with Crippen molar-refractivity contribution in [3.05, 3.63) is 95.6 Å². The minimum Gasteiger partial charge on any atom is -0.497 e. The molecule has 0 radical (unpaired) electrons. The monoisotopic (exact) mass is 375 g/mol. The molecule has 0 spiro atoms. The van der Waals surface area contributed by atoms with Gasteiger partial charge in [0, 0.05) is 11.6 Å². The van der Waals surface area contributed by atoms with Gasteiger partial charge in [-0.15, -0.1) is 0 Å². The number of amides is 1. The van der Waals surface area contributed by atoms with Gasteiger partial charge in [-0.25, -0.2) is 0 Å². The first-order valence-corrected chi connectivity index (χ1v) is 9.28. The maximum absolute atomic E-state index is 12.8. The summed E-state index contributed by atoms with van der Waals surface area (Å²) in [5.41, 5.74) is 3.09. The minimum absolute atomic E-state index is 0.0479. The Morgan fingerprint density at radius 2 is 1.57 bits per heavy atom. The highest BCUT2D eigenvalue weighted by Crippen LogP contribution is 2.25. The van der Waals surface area contributed by atoms with E-state index < -0.39 is 0 Å². The number of hydrogen-bond acceptors (Lipinski definition) is 3. The first kappa shape index (κ1) is 19.5. The van der Waals surface area contributed by atoms with Crippen LogP contribution in [0.3, 0.4) is 0 Å². The molecule has 0 saturated carbocycles. The first-order valence-electron chi connectivity index (χ1n) is 9.28. The summed E-state index contributed by atoms with van der Waals surface area (Å²) in [7, 11) is 3.20. The van der Waals surface area contributed by atoms with E-state index >= 15 is 0 Å². The van der Waals surface area contributed by atoms with E-state index in [0.717, 1.165) is 17.5 Å². The molecule has 144 valence electrons. The van der Waals surface area contributed by atoms with Gasteiger partial charge < -0.3 is 14.8 Å². The van der Waals surface area contributed by atoms with Crippen LogP contribution in [0.5, 0.6) is 11.5 Å². The Morgan fingerprint density at radius 1 is 0.893 bits per heavy atom. The highest BCUT2D eigenvalue weighted by atomic mass is 16.5. The van der Waals surface area contributed by atoms with E-state index in [9.17, 15) is 4.79 Å².